The number of phenolic OH excluding ortho intramolecular Hbond substituents is 1. The van der Waals surface area contributed by atoms with Gasteiger partial charge in [0.05, 0.1) is 19.3 Å². The van der Waals surface area contributed by atoms with E-state index >= 15 is 0 Å². The van der Waals surface area contributed by atoms with Gasteiger partial charge in [0.25, 0.3) is 5.91 Å². The number of aromatic hydroxyl groups is 1. The molecule has 162 valence electrons. The van der Waals surface area contributed by atoms with Crippen molar-refractivity contribution in [2.45, 2.75) is 33.1 Å². The van der Waals surface area contributed by atoms with E-state index in [1.54, 1.807) is 13.0 Å². The molecule has 2 N–H and O–H groups in total. The molecule has 0 saturated heterocycles. The maximum Gasteiger partial charge on any atom is 0.341 e. The number of hydrogen-bond acceptors (Lipinski definition) is 7. The highest BCUT2D eigenvalue weighted by Crippen LogP contribution is 2.40. The fraction of sp³-hybridized carbons (Fsp3) is 0.348. The Bertz CT molecular complexity index is 1080. The first-order chi connectivity index (χ1) is 14.9. The Labute approximate surface area is 184 Å². The smallest absolute Gasteiger partial charge is 0.341 e. The van der Waals surface area contributed by atoms with Gasteiger partial charge in [-0.2, -0.15) is 5.26 Å². The molecule has 7 nitrogen and oxygen atoms in total. The second-order valence-corrected chi connectivity index (χ2v) is 8.44. The van der Waals surface area contributed by atoms with E-state index in [1.807, 2.05) is 6.07 Å². The second-order valence-electron chi connectivity index (χ2n) is 7.33. The van der Waals surface area contributed by atoms with Crippen LogP contribution in [0, 0.1) is 17.2 Å². The normalized spacial score (nSPS) is 15.5. The van der Waals surface area contributed by atoms with Gasteiger partial charge in [0.1, 0.15) is 16.6 Å². The van der Waals surface area contributed by atoms with E-state index in [2.05, 4.69) is 12.2 Å². The van der Waals surface area contributed by atoms with Crippen molar-refractivity contribution < 1.29 is 24.2 Å². The molecule has 1 aliphatic carbocycles. The van der Waals surface area contributed by atoms with E-state index in [1.165, 1.54) is 36.7 Å². The predicted molar refractivity (Wildman–Crippen MR) is 118 cm³/mol. The van der Waals surface area contributed by atoms with Crippen molar-refractivity contribution in [3.63, 3.8) is 0 Å². The van der Waals surface area contributed by atoms with Crippen molar-refractivity contribution in [1.82, 2.24) is 0 Å². The van der Waals surface area contributed by atoms with Crippen LogP contribution in [0.1, 0.15) is 46.6 Å². The maximum atomic E-state index is 12.9. The van der Waals surface area contributed by atoms with Crippen molar-refractivity contribution in [1.29, 1.82) is 5.26 Å². The zero-order valence-corrected chi connectivity index (χ0v) is 18.5. The molecule has 0 fully saturated rings. The summed E-state index contributed by atoms with van der Waals surface area (Å²) in [6, 6.07) is 6.41. The van der Waals surface area contributed by atoms with Gasteiger partial charge < -0.3 is 19.9 Å². The van der Waals surface area contributed by atoms with E-state index in [-0.39, 0.29) is 23.7 Å². The highest BCUT2D eigenvalue weighted by molar-refractivity contribution is 7.17. The van der Waals surface area contributed by atoms with E-state index in [9.17, 15) is 20.0 Å². The molecule has 0 unspecified atom stereocenters. The minimum Gasteiger partial charge on any atom is -0.504 e. The number of nitriles is 1. The van der Waals surface area contributed by atoms with E-state index in [4.69, 9.17) is 9.47 Å². The number of ether oxygens (including phenoxy) is 2. The second kappa shape index (κ2) is 9.67. The van der Waals surface area contributed by atoms with Gasteiger partial charge in [-0.3, -0.25) is 4.79 Å². The maximum absolute atomic E-state index is 12.9. The van der Waals surface area contributed by atoms with Crippen LogP contribution in [-0.4, -0.2) is 30.7 Å². The lowest BCUT2D eigenvalue weighted by molar-refractivity contribution is -0.112. The van der Waals surface area contributed by atoms with Crippen LogP contribution < -0.4 is 10.1 Å². The number of benzene rings is 1. The Morgan fingerprint density at radius 1 is 1.42 bits per heavy atom. The molecule has 1 amide bonds. The minimum absolute atomic E-state index is 0.0416. The molecule has 0 aliphatic heterocycles. The van der Waals surface area contributed by atoms with Crippen LogP contribution in [0.3, 0.4) is 0 Å². The van der Waals surface area contributed by atoms with Gasteiger partial charge in [-0.15, -0.1) is 11.3 Å². The summed E-state index contributed by atoms with van der Waals surface area (Å²) >= 11 is 1.37. The largest absolute Gasteiger partial charge is 0.504 e. The zero-order valence-electron chi connectivity index (χ0n) is 17.7. The molecule has 1 aromatic heterocycles. The lowest BCUT2D eigenvalue weighted by atomic mass is 9.88. The Kier molecular flexibility index (Phi) is 6.98. The monoisotopic (exact) mass is 440 g/mol. The van der Waals surface area contributed by atoms with Crippen molar-refractivity contribution in [3.8, 4) is 17.6 Å². The SMILES string of the molecule is CCOC(=O)c1c(NC(=O)/C(C#N)=C\c2ccc(O)c(OC)c2)sc2c1CC[C@@H](C)C2. The van der Waals surface area contributed by atoms with Gasteiger partial charge >= 0.3 is 5.97 Å². The first-order valence-corrected chi connectivity index (χ1v) is 10.8. The van der Waals surface area contributed by atoms with Crippen LogP contribution in [0.2, 0.25) is 0 Å². The summed E-state index contributed by atoms with van der Waals surface area (Å²) in [4.78, 5) is 26.5. The third-order valence-corrected chi connectivity index (χ3v) is 6.27. The van der Waals surface area contributed by atoms with Gasteiger partial charge in [-0.05, 0) is 61.4 Å². The van der Waals surface area contributed by atoms with Gasteiger partial charge in [0, 0.05) is 4.88 Å². The Morgan fingerprint density at radius 3 is 2.87 bits per heavy atom. The molecular weight excluding hydrogens is 416 g/mol. The summed E-state index contributed by atoms with van der Waals surface area (Å²) in [5.41, 5.74) is 1.71. The summed E-state index contributed by atoms with van der Waals surface area (Å²) in [6.45, 7) is 4.13. The van der Waals surface area contributed by atoms with Gasteiger partial charge in [0.2, 0.25) is 0 Å². The summed E-state index contributed by atoms with van der Waals surface area (Å²) < 4.78 is 10.3. The number of carbonyl (C=O) groups excluding carboxylic acids is 2. The number of carbonyl (C=O) groups is 2. The van der Waals surface area contributed by atoms with Gasteiger partial charge in [-0.25, -0.2) is 4.79 Å². The number of nitrogens with zero attached hydrogens (tertiary/aromatic N) is 1. The number of anilines is 1. The van der Waals surface area contributed by atoms with Crippen LogP contribution in [0.25, 0.3) is 6.08 Å². The number of methoxy groups -OCH3 is 1. The molecule has 0 spiro atoms. The average molecular weight is 441 g/mol. The van der Waals surface area contributed by atoms with Gasteiger partial charge in [0.15, 0.2) is 11.5 Å². The predicted octanol–water partition coefficient (Wildman–Crippen LogP) is 4.31. The lowest BCUT2D eigenvalue weighted by Gasteiger charge is -2.18. The molecule has 0 radical (unpaired) electrons. The zero-order chi connectivity index (χ0) is 22.5. The molecule has 1 heterocycles. The van der Waals surface area contributed by atoms with E-state index in [0.717, 1.165) is 29.7 Å². The molecule has 2 aromatic rings. The van der Waals surface area contributed by atoms with Crippen LogP contribution in [0.15, 0.2) is 23.8 Å². The minimum atomic E-state index is -0.619. The number of nitrogens with one attached hydrogen (secondary N) is 1. The summed E-state index contributed by atoms with van der Waals surface area (Å²) in [6.07, 6.45) is 3.97. The van der Waals surface area contributed by atoms with Gasteiger partial charge in [-0.1, -0.05) is 13.0 Å². The molecule has 0 bridgehead atoms. The highest BCUT2D eigenvalue weighted by atomic mass is 32.1. The first kappa shape index (κ1) is 22.4. The number of rotatable bonds is 6. The van der Waals surface area contributed by atoms with E-state index in [0.29, 0.717) is 22.0 Å². The first-order valence-electron chi connectivity index (χ1n) is 9.99. The van der Waals surface area contributed by atoms with Crippen LogP contribution in [-0.2, 0) is 22.4 Å². The van der Waals surface area contributed by atoms with Crippen molar-refractivity contribution in [2.24, 2.45) is 5.92 Å². The molecule has 1 atom stereocenters. The number of fused-ring (bicyclic) bond motifs is 1. The van der Waals surface area contributed by atoms with E-state index < -0.39 is 11.9 Å². The summed E-state index contributed by atoms with van der Waals surface area (Å²) in [5.74, 6) is -0.387. The van der Waals surface area contributed by atoms with Crippen molar-refractivity contribution in [3.05, 3.63) is 45.3 Å². The van der Waals surface area contributed by atoms with Crippen molar-refractivity contribution >= 4 is 34.3 Å². The topological polar surface area (TPSA) is 109 Å². The fourth-order valence-electron chi connectivity index (χ4n) is 3.53. The summed E-state index contributed by atoms with van der Waals surface area (Å²) in [7, 11) is 1.41. The summed E-state index contributed by atoms with van der Waals surface area (Å²) in [5, 5.41) is 22.4. The average Bonchev–Trinajstić information content (AvgIpc) is 3.09. The third-order valence-electron chi connectivity index (χ3n) is 5.10. The number of hydrogen-bond donors (Lipinski definition) is 2. The molecule has 0 saturated carbocycles. The quantitative estimate of drug-likeness (QED) is 0.394. The molecule has 8 heteroatoms. The van der Waals surface area contributed by atoms with Crippen LogP contribution >= 0.6 is 11.3 Å². The van der Waals surface area contributed by atoms with Crippen LogP contribution in [0.5, 0.6) is 11.5 Å². The van der Waals surface area contributed by atoms with Crippen LogP contribution in [0.4, 0.5) is 5.00 Å². The number of thiophene rings is 1. The molecule has 3 rings (SSSR count). The number of amides is 1. The molecule has 31 heavy (non-hydrogen) atoms. The molecular formula is C23H24N2O5S. The Hall–Kier alpha value is -3.31. The van der Waals surface area contributed by atoms with Crippen molar-refractivity contribution in [2.75, 3.05) is 19.0 Å². The fourth-order valence-corrected chi connectivity index (χ4v) is 4.92. The molecule has 1 aromatic carbocycles. The third kappa shape index (κ3) is 4.89. The number of phenols is 1. The lowest BCUT2D eigenvalue weighted by Crippen LogP contribution is -2.17. The Morgan fingerprint density at radius 2 is 2.19 bits per heavy atom. The highest BCUT2D eigenvalue weighted by Gasteiger charge is 2.29. The standard InChI is InChI=1S/C23H24N2O5S/c1-4-30-23(28)20-16-7-5-13(2)9-19(16)31-22(20)25-21(27)15(12-24)10-14-6-8-17(26)18(11-14)29-3/h6,8,10-11,13,26H,4-5,7,9H2,1-3H3,(H,25,27)/b15-10-/t13-/m1/s1. The number of esters is 1. The molecule has 1 aliphatic rings. The Balaban J connectivity index is 1.93.